The van der Waals surface area contributed by atoms with Crippen molar-refractivity contribution in [1.29, 1.82) is 0 Å². The lowest BCUT2D eigenvalue weighted by atomic mass is 9.68. The topological polar surface area (TPSA) is 43.7 Å². The van der Waals surface area contributed by atoms with Gasteiger partial charge in [0.05, 0.1) is 11.7 Å². The van der Waals surface area contributed by atoms with Crippen LogP contribution >= 0.6 is 0 Å². The molecule has 5 atom stereocenters. The first-order chi connectivity index (χ1) is 10.3. The highest BCUT2D eigenvalue weighted by molar-refractivity contribution is 5.09. The summed E-state index contributed by atoms with van der Waals surface area (Å²) in [5.41, 5.74) is -0.599. The number of likely N-dealkylation sites (tertiary alicyclic amines) is 1. The highest BCUT2D eigenvalue weighted by Gasteiger charge is 2.48. The van der Waals surface area contributed by atoms with Crippen LogP contribution in [0.5, 0.6) is 0 Å². The quantitative estimate of drug-likeness (QED) is 0.771. The molecule has 3 nitrogen and oxygen atoms in total. The van der Waals surface area contributed by atoms with Crippen molar-refractivity contribution in [3.63, 3.8) is 0 Å². The highest BCUT2D eigenvalue weighted by Crippen LogP contribution is 2.43. The summed E-state index contributed by atoms with van der Waals surface area (Å²) in [6.07, 6.45) is 10.3. The molecular weight excluding hydrogens is 274 g/mol. The minimum Gasteiger partial charge on any atom is -0.393 e. The lowest BCUT2D eigenvalue weighted by molar-refractivity contribution is -0.127. The van der Waals surface area contributed by atoms with E-state index in [9.17, 15) is 10.2 Å². The third-order valence-electron chi connectivity index (χ3n) is 6.83. The van der Waals surface area contributed by atoms with Gasteiger partial charge in [-0.2, -0.15) is 0 Å². The van der Waals surface area contributed by atoms with Crippen LogP contribution in [0.4, 0.5) is 0 Å². The van der Waals surface area contributed by atoms with Crippen molar-refractivity contribution in [3.05, 3.63) is 12.2 Å². The van der Waals surface area contributed by atoms with E-state index in [0.717, 1.165) is 45.2 Å². The number of nitrogens with zero attached hydrogens (tertiary/aromatic N) is 1. The summed E-state index contributed by atoms with van der Waals surface area (Å²) in [4.78, 5) is 2.46. The Morgan fingerprint density at radius 2 is 1.95 bits per heavy atom. The molecule has 0 unspecified atom stereocenters. The smallest absolute Gasteiger partial charge is 0.0839 e. The van der Waals surface area contributed by atoms with Crippen molar-refractivity contribution in [3.8, 4) is 0 Å². The maximum atomic E-state index is 11.1. The van der Waals surface area contributed by atoms with Gasteiger partial charge in [-0.05, 0) is 64.3 Å². The number of hydrogen-bond donors (Lipinski definition) is 2. The summed E-state index contributed by atoms with van der Waals surface area (Å²) in [6, 6.07) is 0. The van der Waals surface area contributed by atoms with Crippen LogP contribution < -0.4 is 0 Å². The Balaban J connectivity index is 1.74. The first-order valence-corrected chi connectivity index (χ1v) is 9.13. The van der Waals surface area contributed by atoms with Gasteiger partial charge in [0.15, 0.2) is 0 Å². The number of fused-ring (bicyclic) bond motifs is 1. The van der Waals surface area contributed by atoms with Crippen LogP contribution in [0.2, 0.25) is 0 Å². The molecule has 3 rings (SSSR count). The second kappa shape index (κ2) is 5.92. The van der Waals surface area contributed by atoms with E-state index in [1.54, 1.807) is 0 Å². The molecule has 22 heavy (non-hydrogen) atoms. The van der Waals surface area contributed by atoms with Crippen molar-refractivity contribution in [1.82, 2.24) is 4.90 Å². The van der Waals surface area contributed by atoms with Gasteiger partial charge in [0.25, 0.3) is 0 Å². The molecule has 1 saturated carbocycles. The van der Waals surface area contributed by atoms with Gasteiger partial charge in [-0.15, -0.1) is 0 Å². The van der Waals surface area contributed by atoms with Crippen LogP contribution in [0.25, 0.3) is 0 Å². The Morgan fingerprint density at radius 1 is 1.18 bits per heavy atom. The number of piperidine rings is 1. The predicted molar refractivity (Wildman–Crippen MR) is 89.6 cm³/mol. The molecule has 0 spiro atoms. The predicted octanol–water partition coefficient (Wildman–Crippen LogP) is 2.97. The zero-order valence-corrected chi connectivity index (χ0v) is 14.5. The van der Waals surface area contributed by atoms with E-state index in [0.29, 0.717) is 17.8 Å². The number of aliphatic hydroxyl groups is 2. The molecule has 2 aliphatic carbocycles. The molecule has 3 heteroatoms. The van der Waals surface area contributed by atoms with E-state index in [-0.39, 0.29) is 11.6 Å². The maximum Gasteiger partial charge on any atom is 0.0839 e. The van der Waals surface area contributed by atoms with E-state index in [4.69, 9.17) is 0 Å². The standard InChI is InChI=1S/C19H33NO2/c1-14-7-8-16(17(21)12-14)18(2,3)20-11-9-15-6-4-5-10-19(15,22)13-20/h4-5,14-17,21-22H,6-13H2,1-3H3/t14-,15-,16-,17-,19+/m1/s1. The van der Waals surface area contributed by atoms with Gasteiger partial charge in [-0.3, -0.25) is 4.90 Å². The Kier molecular flexibility index (Phi) is 4.43. The van der Waals surface area contributed by atoms with Crippen LogP contribution in [-0.2, 0) is 0 Å². The minimum absolute atomic E-state index is 0.0403. The molecular formula is C19H33NO2. The molecule has 1 heterocycles. The lowest BCUT2D eigenvalue weighted by Gasteiger charge is -2.55. The van der Waals surface area contributed by atoms with Crippen LogP contribution in [0.15, 0.2) is 12.2 Å². The summed E-state index contributed by atoms with van der Waals surface area (Å²) in [5, 5.41) is 21.7. The molecule has 2 fully saturated rings. The molecule has 1 saturated heterocycles. The Hall–Kier alpha value is -0.380. The van der Waals surface area contributed by atoms with Gasteiger partial charge in [0.1, 0.15) is 0 Å². The van der Waals surface area contributed by atoms with Crippen LogP contribution in [0.1, 0.15) is 59.3 Å². The van der Waals surface area contributed by atoms with Crippen molar-refractivity contribution < 1.29 is 10.2 Å². The summed E-state index contributed by atoms with van der Waals surface area (Å²) >= 11 is 0. The van der Waals surface area contributed by atoms with Crippen molar-refractivity contribution in [2.24, 2.45) is 17.8 Å². The Bertz CT molecular complexity index is 433. The molecule has 0 aromatic rings. The van der Waals surface area contributed by atoms with Gasteiger partial charge >= 0.3 is 0 Å². The first-order valence-electron chi connectivity index (χ1n) is 9.13. The fraction of sp³-hybridized carbons (Fsp3) is 0.895. The molecule has 3 aliphatic rings. The number of rotatable bonds is 2. The van der Waals surface area contributed by atoms with Gasteiger partial charge < -0.3 is 10.2 Å². The number of allylic oxidation sites excluding steroid dienone is 1. The largest absolute Gasteiger partial charge is 0.393 e. The molecule has 0 amide bonds. The fourth-order valence-electron chi connectivity index (χ4n) is 5.14. The molecule has 0 aromatic heterocycles. The molecule has 1 aliphatic heterocycles. The van der Waals surface area contributed by atoms with Crippen molar-refractivity contribution in [2.45, 2.75) is 76.5 Å². The van der Waals surface area contributed by atoms with E-state index < -0.39 is 5.60 Å². The minimum atomic E-state index is -0.558. The van der Waals surface area contributed by atoms with Gasteiger partial charge in [0.2, 0.25) is 0 Å². The van der Waals surface area contributed by atoms with Crippen molar-refractivity contribution in [2.75, 3.05) is 13.1 Å². The second-order valence-corrected chi connectivity index (χ2v) is 8.67. The molecule has 2 N–H and O–H groups in total. The Labute approximate surface area is 135 Å². The molecule has 0 bridgehead atoms. The fourth-order valence-corrected chi connectivity index (χ4v) is 5.14. The third-order valence-corrected chi connectivity index (χ3v) is 6.83. The average Bonchev–Trinajstić information content (AvgIpc) is 2.45. The van der Waals surface area contributed by atoms with E-state index in [1.165, 1.54) is 6.42 Å². The van der Waals surface area contributed by atoms with Crippen LogP contribution in [0, 0.1) is 17.8 Å². The molecule has 126 valence electrons. The lowest BCUT2D eigenvalue weighted by Crippen LogP contribution is -2.63. The Morgan fingerprint density at radius 3 is 2.68 bits per heavy atom. The SMILES string of the molecule is C[C@@H]1CC[C@@H](C(C)(C)N2CC[C@H]3CC=CC[C@]3(O)C2)[C@H](O)C1. The van der Waals surface area contributed by atoms with E-state index in [1.807, 2.05) is 0 Å². The monoisotopic (exact) mass is 307 g/mol. The van der Waals surface area contributed by atoms with Gasteiger partial charge in [-0.25, -0.2) is 0 Å². The van der Waals surface area contributed by atoms with E-state index >= 15 is 0 Å². The van der Waals surface area contributed by atoms with Crippen LogP contribution in [0.3, 0.4) is 0 Å². The zero-order chi connectivity index (χ0) is 16.0. The van der Waals surface area contributed by atoms with Gasteiger partial charge in [-0.1, -0.05) is 25.5 Å². The average molecular weight is 307 g/mol. The summed E-state index contributed by atoms with van der Waals surface area (Å²) in [7, 11) is 0. The number of hydrogen-bond acceptors (Lipinski definition) is 3. The van der Waals surface area contributed by atoms with E-state index in [2.05, 4.69) is 37.8 Å². The summed E-state index contributed by atoms with van der Waals surface area (Å²) < 4.78 is 0. The first kappa shape index (κ1) is 16.5. The summed E-state index contributed by atoms with van der Waals surface area (Å²) in [6.45, 7) is 8.60. The maximum absolute atomic E-state index is 11.1. The number of aliphatic hydroxyl groups excluding tert-OH is 1. The summed E-state index contributed by atoms with van der Waals surface area (Å²) in [5.74, 6) is 1.38. The third kappa shape index (κ3) is 2.88. The zero-order valence-electron chi connectivity index (χ0n) is 14.5. The van der Waals surface area contributed by atoms with Crippen molar-refractivity contribution >= 4 is 0 Å². The normalized spacial score (nSPS) is 43.9. The van der Waals surface area contributed by atoms with Crippen LogP contribution in [-0.4, -0.2) is 45.4 Å². The molecule has 0 radical (unpaired) electrons. The second-order valence-electron chi connectivity index (χ2n) is 8.67. The van der Waals surface area contributed by atoms with Gasteiger partial charge in [0, 0.05) is 18.0 Å². The highest BCUT2D eigenvalue weighted by atomic mass is 16.3. The number of β-amino-alcohol motifs (C(OH)–C–C–N with tert-alkyl or cyclic N) is 1. The molecule has 0 aromatic carbocycles.